The van der Waals surface area contributed by atoms with Crippen LogP contribution in [-0.4, -0.2) is 10.1 Å². The van der Waals surface area contributed by atoms with Crippen molar-refractivity contribution in [1.29, 1.82) is 0 Å². The Morgan fingerprint density at radius 2 is 2.18 bits per heavy atom. The summed E-state index contributed by atoms with van der Waals surface area (Å²) in [4.78, 5) is 0. The van der Waals surface area contributed by atoms with Crippen LogP contribution >= 0.6 is 11.6 Å². The molecule has 3 heteroatoms. The highest BCUT2D eigenvalue weighted by molar-refractivity contribution is 6.35. The number of halogens is 1. The van der Waals surface area contributed by atoms with Crippen LogP contribution in [0.3, 0.4) is 0 Å². The minimum Gasteiger partial charge on any atom is -0.349 e. The smallest absolute Gasteiger partial charge is 0.0669 e. The lowest BCUT2D eigenvalue weighted by Gasteiger charge is -2.06. The molecular weight excluding hydrogens is 232 g/mol. The molecule has 1 aromatic carbocycles. The van der Waals surface area contributed by atoms with E-state index in [9.17, 15) is 0 Å². The van der Waals surface area contributed by atoms with Gasteiger partial charge in [0.1, 0.15) is 0 Å². The van der Waals surface area contributed by atoms with Crippen molar-refractivity contribution in [3.05, 3.63) is 35.0 Å². The van der Waals surface area contributed by atoms with Gasteiger partial charge in [0.25, 0.3) is 0 Å². The van der Waals surface area contributed by atoms with E-state index in [1.807, 2.05) is 19.2 Å². The average Bonchev–Trinajstić information content (AvgIpc) is 2.93. The Morgan fingerprint density at radius 3 is 2.88 bits per heavy atom. The highest BCUT2D eigenvalue weighted by Crippen LogP contribution is 2.37. The number of nitrogens with two attached hydrogens (primary N) is 1. The summed E-state index contributed by atoms with van der Waals surface area (Å²) < 4.78 is 2.11. The van der Waals surface area contributed by atoms with E-state index in [1.165, 1.54) is 23.8 Å². The summed E-state index contributed by atoms with van der Waals surface area (Å²) in [5, 5.41) is 2.09. The molecule has 0 atom stereocenters. The van der Waals surface area contributed by atoms with Gasteiger partial charge in [-0.15, -0.1) is 0 Å². The van der Waals surface area contributed by atoms with E-state index in [0.717, 1.165) is 23.4 Å². The summed E-state index contributed by atoms with van der Waals surface area (Å²) in [6, 6.07) is 6.11. The van der Waals surface area contributed by atoms with Crippen molar-refractivity contribution in [3.8, 4) is 0 Å². The molecule has 0 saturated heterocycles. The molecule has 0 radical (unpaired) electrons. The van der Waals surface area contributed by atoms with Crippen LogP contribution in [0.25, 0.3) is 10.9 Å². The Hall–Kier alpha value is -0.990. The van der Waals surface area contributed by atoms with Crippen LogP contribution in [0.4, 0.5) is 0 Å². The maximum absolute atomic E-state index is 6.23. The zero-order chi connectivity index (χ0) is 12.0. The number of hydrogen-bond acceptors (Lipinski definition) is 1. The van der Waals surface area contributed by atoms with E-state index < -0.39 is 0 Å². The van der Waals surface area contributed by atoms with E-state index in [4.69, 9.17) is 17.3 Å². The lowest BCUT2D eigenvalue weighted by atomic mass is 10.0. The van der Waals surface area contributed by atoms with Crippen LogP contribution in [0.15, 0.2) is 24.4 Å². The van der Waals surface area contributed by atoms with Crippen molar-refractivity contribution >= 4 is 22.5 Å². The van der Waals surface area contributed by atoms with E-state index in [-0.39, 0.29) is 5.54 Å². The summed E-state index contributed by atoms with van der Waals surface area (Å²) in [6.45, 7) is 0. The molecule has 3 rings (SSSR count). The SMILES string of the molecule is Cn1cc(CCC2(N)CC2)c2cccc(Cl)c21. The molecule has 0 aliphatic heterocycles. The number of aromatic nitrogens is 1. The van der Waals surface area contributed by atoms with Crippen LogP contribution in [0, 0.1) is 0 Å². The summed E-state index contributed by atoms with van der Waals surface area (Å²) in [5.74, 6) is 0. The second-order valence-corrected chi connectivity index (χ2v) is 5.67. The molecule has 1 aliphatic carbocycles. The van der Waals surface area contributed by atoms with Crippen molar-refractivity contribution < 1.29 is 0 Å². The average molecular weight is 249 g/mol. The van der Waals surface area contributed by atoms with Crippen LogP contribution in [-0.2, 0) is 13.5 Å². The lowest BCUT2D eigenvalue weighted by Crippen LogP contribution is -2.21. The maximum Gasteiger partial charge on any atom is 0.0669 e. The highest BCUT2D eigenvalue weighted by Gasteiger charge is 2.37. The van der Waals surface area contributed by atoms with Gasteiger partial charge in [-0.1, -0.05) is 23.7 Å². The molecule has 1 aliphatic rings. The molecule has 2 N–H and O–H groups in total. The molecule has 2 nitrogen and oxygen atoms in total. The molecule has 2 aromatic rings. The van der Waals surface area contributed by atoms with Crippen molar-refractivity contribution in [3.63, 3.8) is 0 Å². The fraction of sp³-hybridized carbons (Fsp3) is 0.429. The first-order valence-corrected chi connectivity index (χ1v) is 6.48. The molecule has 1 fully saturated rings. The van der Waals surface area contributed by atoms with Gasteiger partial charge in [0.2, 0.25) is 0 Å². The molecule has 0 unspecified atom stereocenters. The standard InChI is InChI=1S/C14H17ClN2/c1-17-9-10(5-6-14(16)7-8-14)11-3-2-4-12(15)13(11)17/h2-4,9H,5-8,16H2,1H3. The molecule has 1 aromatic heterocycles. The van der Waals surface area contributed by atoms with Gasteiger partial charge in [-0.3, -0.25) is 0 Å². The normalized spacial score (nSPS) is 17.6. The van der Waals surface area contributed by atoms with Gasteiger partial charge in [0.15, 0.2) is 0 Å². The van der Waals surface area contributed by atoms with Crippen LogP contribution in [0.5, 0.6) is 0 Å². The number of nitrogens with zero attached hydrogens (tertiary/aromatic N) is 1. The summed E-state index contributed by atoms with van der Waals surface area (Å²) in [6.07, 6.45) is 6.67. The number of aryl methyl sites for hydroxylation is 2. The van der Waals surface area contributed by atoms with Gasteiger partial charge in [0.05, 0.1) is 10.5 Å². The molecule has 0 amide bonds. The molecular formula is C14H17ClN2. The molecule has 17 heavy (non-hydrogen) atoms. The monoisotopic (exact) mass is 248 g/mol. The van der Waals surface area contributed by atoms with Crippen LogP contribution in [0.2, 0.25) is 5.02 Å². The van der Waals surface area contributed by atoms with Gasteiger partial charge in [-0.2, -0.15) is 0 Å². The molecule has 0 spiro atoms. The maximum atomic E-state index is 6.23. The van der Waals surface area contributed by atoms with Crippen LogP contribution in [0.1, 0.15) is 24.8 Å². The topological polar surface area (TPSA) is 30.9 Å². The minimum atomic E-state index is 0.126. The summed E-state index contributed by atoms with van der Waals surface area (Å²) in [7, 11) is 2.05. The molecule has 0 bridgehead atoms. The minimum absolute atomic E-state index is 0.126. The fourth-order valence-corrected chi connectivity index (χ4v) is 2.80. The third kappa shape index (κ3) is 1.96. The van der Waals surface area contributed by atoms with Crippen LogP contribution < -0.4 is 5.73 Å². The van der Waals surface area contributed by atoms with E-state index in [1.54, 1.807) is 0 Å². The highest BCUT2D eigenvalue weighted by atomic mass is 35.5. The quantitative estimate of drug-likeness (QED) is 0.888. The molecule has 1 saturated carbocycles. The van der Waals surface area contributed by atoms with E-state index in [2.05, 4.69) is 16.8 Å². The van der Waals surface area contributed by atoms with Gasteiger partial charge in [0, 0.05) is 24.2 Å². The Labute approximate surface area is 106 Å². The first-order valence-electron chi connectivity index (χ1n) is 6.10. The Kier molecular flexibility index (Phi) is 2.46. The predicted molar refractivity (Wildman–Crippen MR) is 72.4 cm³/mol. The largest absolute Gasteiger partial charge is 0.349 e. The third-order valence-electron chi connectivity index (χ3n) is 3.82. The zero-order valence-electron chi connectivity index (χ0n) is 10.0. The predicted octanol–water partition coefficient (Wildman–Crippen LogP) is 3.26. The van der Waals surface area contributed by atoms with Crippen molar-refractivity contribution in [2.75, 3.05) is 0 Å². The second-order valence-electron chi connectivity index (χ2n) is 5.26. The zero-order valence-corrected chi connectivity index (χ0v) is 10.8. The molecule has 1 heterocycles. The Bertz CT molecular complexity index is 567. The number of hydrogen-bond donors (Lipinski definition) is 1. The Balaban J connectivity index is 1.96. The second kappa shape index (κ2) is 3.76. The first kappa shape index (κ1) is 11.1. The number of fused-ring (bicyclic) bond motifs is 1. The third-order valence-corrected chi connectivity index (χ3v) is 4.12. The van der Waals surface area contributed by atoms with Crippen molar-refractivity contribution in [1.82, 2.24) is 4.57 Å². The summed E-state index contributed by atoms with van der Waals surface area (Å²) >= 11 is 6.23. The summed E-state index contributed by atoms with van der Waals surface area (Å²) in [5.41, 5.74) is 8.76. The fourth-order valence-electron chi connectivity index (χ4n) is 2.49. The van der Waals surface area contributed by atoms with Crippen molar-refractivity contribution in [2.45, 2.75) is 31.2 Å². The number of para-hydroxylation sites is 1. The molecule has 90 valence electrons. The van der Waals surface area contributed by atoms with E-state index >= 15 is 0 Å². The van der Waals surface area contributed by atoms with Gasteiger partial charge in [-0.25, -0.2) is 0 Å². The van der Waals surface area contributed by atoms with E-state index in [0.29, 0.717) is 0 Å². The number of benzene rings is 1. The van der Waals surface area contributed by atoms with Gasteiger partial charge in [-0.05, 0) is 37.3 Å². The lowest BCUT2D eigenvalue weighted by molar-refractivity contribution is 0.610. The van der Waals surface area contributed by atoms with Crippen molar-refractivity contribution in [2.24, 2.45) is 12.8 Å². The van der Waals surface area contributed by atoms with Gasteiger partial charge < -0.3 is 10.3 Å². The Morgan fingerprint density at radius 1 is 1.41 bits per heavy atom. The number of rotatable bonds is 3. The first-order chi connectivity index (χ1) is 8.09. The van der Waals surface area contributed by atoms with Gasteiger partial charge >= 0.3 is 0 Å².